The van der Waals surface area contributed by atoms with Crippen molar-refractivity contribution in [2.75, 3.05) is 6.54 Å². The molecular formula is C20H22N4O2. The average molecular weight is 350 g/mol. The van der Waals surface area contributed by atoms with Crippen molar-refractivity contribution in [1.29, 1.82) is 0 Å². The van der Waals surface area contributed by atoms with Gasteiger partial charge in [0.15, 0.2) is 0 Å². The number of amides is 1. The van der Waals surface area contributed by atoms with E-state index in [1.54, 1.807) is 12.3 Å². The molecule has 1 aliphatic heterocycles. The summed E-state index contributed by atoms with van der Waals surface area (Å²) in [5.74, 6) is 0.0621. The fraction of sp³-hybridized carbons (Fsp3) is 0.350. The molecule has 0 radical (unpaired) electrons. The minimum atomic E-state index is 0.0621. The number of aromatic nitrogens is 3. The van der Waals surface area contributed by atoms with Crippen molar-refractivity contribution < 1.29 is 9.21 Å². The molecule has 6 heteroatoms. The third kappa shape index (κ3) is 3.54. The molecule has 0 aliphatic carbocycles. The van der Waals surface area contributed by atoms with Gasteiger partial charge in [0, 0.05) is 24.7 Å². The molecule has 2 aromatic heterocycles. The molecule has 0 N–H and O–H groups in total. The Kier molecular flexibility index (Phi) is 4.82. The van der Waals surface area contributed by atoms with Gasteiger partial charge < -0.3 is 9.32 Å². The van der Waals surface area contributed by atoms with Crippen LogP contribution in [0.3, 0.4) is 0 Å². The predicted octanol–water partition coefficient (Wildman–Crippen LogP) is 3.62. The first-order chi connectivity index (χ1) is 12.8. The number of benzene rings is 1. The van der Waals surface area contributed by atoms with E-state index in [9.17, 15) is 4.79 Å². The zero-order chi connectivity index (χ0) is 17.8. The highest BCUT2D eigenvalue weighted by atomic mass is 16.3. The highest BCUT2D eigenvalue weighted by Crippen LogP contribution is 2.23. The molecule has 26 heavy (non-hydrogen) atoms. The smallest absolute Gasteiger partial charge is 0.257 e. The average Bonchev–Trinajstić information content (AvgIpc) is 3.39. The third-order valence-corrected chi connectivity index (χ3v) is 4.96. The molecule has 134 valence electrons. The Bertz CT molecular complexity index is 842. The Balaban J connectivity index is 1.41. The normalized spacial score (nSPS) is 17.4. The first kappa shape index (κ1) is 16.6. The van der Waals surface area contributed by atoms with Crippen LogP contribution >= 0.6 is 0 Å². The Hall–Kier alpha value is -2.89. The summed E-state index contributed by atoms with van der Waals surface area (Å²) in [5.41, 5.74) is 2.57. The van der Waals surface area contributed by atoms with Crippen molar-refractivity contribution in [1.82, 2.24) is 19.9 Å². The van der Waals surface area contributed by atoms with E-state index in [1.165, 1.54) is 6.26 Å². The van der Waals surface area contributed by atoms with Crippen molar-refractivity contribution >= 4 is 5.91 Å². The van der Waals surface area contributed by atoms with Crippen molar-refractivity contribution in [2.45, 2.75) is 38.3 Å². The van der Waals surface area contributed by atoms with Crippen LogP contribution in [0.15, 0.2) is 59.5 Å². The van der Waals surface area contributed by atoms with Gasteiger partial charge in [-0.25, -0.2) is 0 Å². The summed E-state index contributed by atoms with van der Waals surface area (Å²) < 4.78 is 6.94. The van der Waals surface area contributed by atoms with E-state index in [4.69, 9.17) is 4.42 Å². The first-order valence-electron chi connectivity index (χ1n) is 9.10. The van der Waals surface area contributed by atoms with Gasteiger partial charge in [-0.1, -0.05) is 35.5 Å². The Labute approximate surface area is 152 Å². The van der Waals surface area contributed by atoms with E-state index in [2.05, 4.69) is 10.3 Å². The minimum absolute atomic E-state index is 0.0621. The molecule has 1 saturated heterocycles. The quantitative estimate of drug-likeness (QED) is 0.705. The number of nitrogens with zero attached hydrogens (tertiary/aromatic N) is 4. The second-order valence-electron chi connectivity index (χ2n) is 6.68. The van der Waals surface area contributed by atoms with E-state index in [0.29, 0.717) is 5.56 Å². The summed E-state index contributed by atoms with van der Waals surface area (Å²) >= 11 is 0. The van der Waals surface area contributed by atoms with Gasteiger partial charge in [0.25, 0.3) is 5.91 Å². The topological polar surface area (TPSA) is 64.2 Å². The van der Waals surface area contributed by atoms with Crippen LogP contribution in [0.5, 0.6) is 0 Å². The molecule has 4 rings (SSSR count). The molecule has 1 aliphatic rings. The molecule has 1 aromatic carbocycles. The lowest BCUT2D eigenvalue weighted by Crippen LogP contribution is -2.44. The highest BCUT2D eigenvalue weighted by Gasteiger charge is 2.27. The second-order valence-corrected chi connectivity index (χ2v) is 6.68. The number of hydrogen-bond donors (Lipinski definition) is 0. The van der Waals surface area contributed by atoms with Gasteiger partial charge in [0.05, 0.1) is 18.0 Å². The van der Waals surface area contributed by atoms with Gasteiger partial charge in [0.1, 0.15) is 12.0 Å². The van der Waals surface area contributed by atoms with Gasteiger partial charge in [-0.2, -0.15) is 0 Å². The lowest BCUT2D eigenvalue weighted by Gasteiger charge is -2.35. The zero-order valence-corrected chi connectivity index (χ0v) is 14.6. The first-order valence-corrected chi connectivity index (χ1v) is 9.10. The summed E-state index contributed by atoms with van der Waals surface area (Å²) in [6, 6.07) is 12.0. The van der Waals surface area contributed by atoms with Crippen LogP contribution in [-0.4, -0.2) is 38.4 Å². The van der Waals surface area contributed by atoms with E-state index < -0.39 is 0 Å². The predicted molar refractivity (Wildman–Crippen MR) is 97.5 cm³/mol. The van der Waals surface area contributed by atoms with E-state index in [-0.39, 0.29) is 11.9 Å². The summed E-state index contributed by atoms with van der Waals surface area (Å²) in [6.07, 6.45) is 9.17. The molecule has 0 spiro atoms. The van der Waals surface area contributed by atoms with Crippen molar-refractivity contribution in [3.63, 3.8) is 0 Å². The monoisotopic (exact) mass is 350 g/mol. The fourth-order valence-electron chi connectivity index (χ4n) is 3.55. The molecular weight excluding hydrogens is 328 g/mol. The summed E-state index contributed by atoms with van der Waals surface area (Å²) in [4.78, 5) is 14.7. The fourth-order valence-corrected chi connectivity index (χ4v) is 3.55. The molecule has 0 bridgehead atoms. The van der Waals surface area contributed by atoms with Crippen LogP contribution in [0, 0.1) is 0 Å². The zero-order valence-electron chi connectivity index (χ0n) is 14.6. The number of piperidine rings is 1. The molecule has 3 heterocycles. The van der Waals surface area contributed by atoms with Crippen LogP contribution < -0.4 is 0 Å². The van der Waals surface area contributed by atoms with Crippen molar-refractivity contribution in [3.8, 4) is 11.3 Å². The maximum atomic E-state index is 12.7. The van der Waals surface area contributed by atoms with Crippen LogP contribution in [-0.2, 0) is 6.54 Å². The number of carbonyl (C=O) groups is 1. The van der Waals surface area contributed by atoms with Gasteiger partial charge in [-0.3, -0.25) is 9.48 Å². The molecule has 1 unspecified atom stereocenters. The summed E-state index contributed by atoms with van der Waals surface area (Å²) in [5, 5.41) is 8.51. The third-order valence-electron chi connectivity index (χ3n) is 4.96. The van der Waals surface area contributed by atoms with E-state index >= 15 is 0 Å². The maximum Gasteiger partial charge on any atom is 0.257 e. The maximum absolute atomic E-state index is 12.7. The molecule has 6 nitrogen and oxygen atoms in total. The molecule has 0 saturated carbocycles. The van der Waals surface area contributed by atoms with Gasteiger partial charge in [0.2, 0.25) is 0 Å². The number of aryl methyl sites for hydroxylation is 1. The largest absolute Gasteiger partial charge is 0.472 e. The number of hydrogen-bond acceptors (Lipinski definition) is 4. The van der Waals surface area contributed by atoms with Gasteiger partial charge in [-0.15, -0.1) is 5.10 Å². The Morgan fingerprint density at radius 1 is 1.19 bits per heavy atom. The molecule has 3 aromatic rings. The van der Waals surface area contributed by atoms with Crippen LogP contribution in [0.2, 0.25) is 0 Å². The summed E-state index contributed by atoms with van der Waals surface area (Å²) in [6.45, 7) is 1.56. The summed E-state index contributed by atoms with van der Waals surface area (Å²) in [7, 11) is 0. The number of furan rings is 1. The van der Waals surface area contributed by atoms with E-state index in [0.717, 1.165) is 50.0 Å². The van der Waals surface area contributed by atoms with Gasteiger partial charge >= 0.3 is 0 Å². The van der Waals surface area contributed by atoms with Crippen molar-refractivity contribution in [2.24, 2.45) is 0 Å². The van der Waals surface area contributed by atoms with Gasteiger partial charge in [-0.05, 0) is 31.7 Å². The van der Waals surface area contributed by atoms with Crippen LogP contribution in [0.25, 0.3) is 11.3 Å². The van der Waals surface area contributed by atoms with Crippen molar-refractivity contribution in [3.05, 3.63) is 60.7 Å². The highest BCUT2D eigenvalue weighted by molar-refractivity contribution is 5.94. The second kappa shape index (κ2) is 7.56. The molecule has 1 fully saturated rings. The SMILES string of the molecule is O=C(c1ccoc1)N1CCCCC1CCn1cc(-c2ccccc2)nn1. The number of carbonyl (C=O) groups excluding carboxylic acids is 1. The number of rotatable bonds is 5. The lowest BCUT2D eigenvalue weighted by molar-refractivity contribution is 0.0593. The number of likely N-dealkylation sites (tertiary alicyclic amines) is 1. The van der Waals surface area contributed by atoms with E-state index in [1.807, 2.05) is 46.1 Å². The Morgan fingerprint density at radius 2 is 2.08 bits per heavy atom. The molecule has 1 amide bonds. The lowest BCUT2D eigenvalue weighted by atomic mass is 9.98. The molecule has 1 atom stereocenters. The van der Waals surface area contributed by atoms with Crippen LogP contribution in [0.4, 0.5) is 0 Å². The van der Waals surface area contributed by atoms with Crippen LogP contribution in [0.1, 0.15) is 36.0 Å². The standard InChI is InChI=1S/C20H22N4O2/c25-20(17-10-13-26-15-17)24-11-5-4-8-18(24)9-12-23-14-19(21-22-23)16-6-2-1-3-7-16/h1-3,6-7,10,13-15,18H,4-5,8-9,11-12H2. The Morgan fingerprint density at radius 3 is 2.88 bits per heavy atom. The minimum Gasteiger partial charge on any atom is -0.472 e.